The Bertz CT molecular complexity index is 467. The first-order valence-electron chi connectivity index (χ1n) is 4.21. The molecule has 0 aliphatic carbocycles. The van der Waals surface area contributed by atoms with E-state index in [4.69, 9.17) is 5.73 Å². The van der Waals surface area contributed by atoms with Gasteiger partial charge in [0.25, 0.3) is 0 Å². The lowest BCUT2D eigenvalue weighted by atomic mass is 10.3. The Morgan fingerprint density at radius 1 is 1.19 bits per heavy atom. The summed E-state index contributed by atoms with van der Waals surface area (Å²) < 4.78 is 27.7. The topological polar surface area (TPSA) is 72.2 Å². The summed E-state index contributed by atoms with van der Waals surface area (Å²) in [5.74, 6) is -0.109. The van der Waals surface area contributed by atoms with Crippen molar-refractivity contribution < 1.29 is 8.42 Å². The van der Waals surface area contributed by atoms with E-state index in [0.29, 0.717) is 14.6 Å². The molecule has 0 amide bonds. The molecule has 0 saturated heterocycles. The van der Waals surface area contributed by atoms with Crippen molar-refractivity contribution in [1.29, 1.82) is 0 Å². The van der Waals surface area contributed by atoms with Crippen molar-refractivity contribution in [2.24, 2.45) is 5.73 Å². The number of nitrogens with two attached hydrogens (primary N) is 1. The molecule has 0 heterocycles. The van der Waals surface area contributed by atoms with Crippen LogP contribution in [0.5, 0.6) is 0 Å². The van der Waals surface area contributed by atoms with Crippen LogP contribution < -0.4 is 10.5 Å². The molecule has 0 aliphatic heterocycles. The largest absolute Gasteiger partial charge is 0.329 e. The molecular formula is C8H9Br3N2O2S. The number of anilines is 1. The molecule has 16 heavy (non-hydrogen) atoms. The highest BCUT2D eigenvalue weighted by atomic mass is 79.9. The molecule has 1 aromatic carbocycles. The van der Waals surface area contributed by atoms with E-state index in [-0.39, 0.29) is 12.3 Å². The number of halogens is 3. The van der Waals surface area contributed by atoms with E-state index in [9.17, 15) is 8.42 Å². The monoisotopic (exact) mass is 434 g/mol. The van der Waals surface area contributed by atoms with Crippen molar-refractivity contribution in [3.63, 3.8) is 0 Å². The van der Waals surface area contributed by atoms with E-state index in [1.54, 1.807) is 12.1 Å². The fraction of sp³-hybridized carbons (Fsp3) is 0.250. The third-order valence-electron chi connectivity index (χ3n) is 1.65. The van der Waals surface area contributed by atoms with Crippen molar-refractivity contribution in [3.05, 3.63) is 25.6 Å². The number of nitrogens with one attached hydrogen (secondary N) is 1. The SMILES string of the molecule is NCCS(=O)(=O)Nc1c(Br)cc(Br)cc1Br. The zero-order valence-corrected chi connectivity index (χ0v) is 13.6. The molecule has 0 fully saturated rings. The van der Waals surface area contributed by atoms with Crippen LogP contribution in [0.4, 0.5) is 5.69 Å². The van der Waals surface area contributed by atoms with Gasteiger partial charge in [0.1, 0.15) is 0 Å². The first kappa shape index (κ1) is 14.4. The second-order valence-corrected chi connectivity index (χ2v) is 7.42. The van der Waals surface area contributed by atoms with Gasteiger partial charge in [0.2, 0.25) is 10.0 Å². The summed E-state index contributed by atoms with van der Waals surface area (Å²) in [6.45, 7) is 0.0844. The fourth-order valence-corrected chi connectivity index (χ4v) is 4.66. The third-order valence-corrected chi connectivity index (χ3v) is 4.65. The third kappa shape index (κ3) is 3.99. The predicted octanol–water partition coefficient (Wildman–Crippen LogP) is 2.67. The molecule has 0 radical (unpaired) electrons. The summed E-state index contributed by atoms with van der Waals surface area (Å²) in [6.07, 6.45) is 0. The first-order valence-corrected chi connectivity index (χ1v) is 8.24. The van der Waals surface area contributed by atoms with E-state index >= 15 is 0 Å². The van der Waals surface area contributed by atoms with E-state index in [1.807, 2.05) is 0 Å². The molecule has 3 N–H and O–H groups in total. The average Bonchev–Trinajstić information content (AvgIpc) is 2.11. The van der Waals surface area contributed by atoms with Gasteiger partial charge in [-0.15, -0.1) is 0 Å². The van der Waals surface area contributed by atoms with Crippen molar-refractivity contribution in [3.8, 4) is 0 Å². The Labute approximate surface area is 119 Å². The van der Waals surface area contributed by atoms with E-state index in [1.165, 1.54) is 0 Å². The van der Waals surface area contributed by atoms with Gasteiger partial charge in [0, 0.05) is 20.0 Å². The van der Waals surface area contributed by atoms with Crippen molar-refractivity contribution in [2.75, 3.05) is 17.0 Å². The van der Waals surface area contributed by atoms with Crippen LogP contribution in [0, 0.1) is 0 Å². The highest BCUT2D eigenvalue weighted by molar-refractivity contribution is 9.11. The van der Waals surface area contributed by atoms with Crippen LogP contribution in [0.3, 0.4) is 0 Å². The molecule has 8 heteroatoms. The van der Waals surface area contributed by atoms with Gasteiger partial charge < -0.3 is 5.73 Å². The summed E-state index contributed by atoms with van der Waals surface area (Å²) >= 11 is 9.87. The van der Waals surface area contributed by atoms with Crippen molar-refractivity contribution in [1.82, 2.24) is 0 Å². The van der Waals surface area contributed by atoms with Crippen LogP contribution in [0.15, 0.2) is 25.6 Å². The van der Waals surface area contributed by atoms with Gasteiger partial charge in [-0.3, -0.25) is 4.72 Å². The molecule has 0 unspecified atom stereocenters. The van der Waals surface area contributed by atoms with E-state index in [0.717, 1.165) is 4.47 Å². The summed E-state index contributed by atoms with van der Waals surface area (Å²) in [4.78, 5) is 0. The summed E-state index contributed by atoms with van der Waals surface area (Å²) in [5.41, 5.74) is 5.69. The van der Waals surface area contributed by atoms with Gasteiger partial charge in [-0.05, 0) is 44.0 Å². The molecule has 0 atom stereocenters. The molecule has 0 bridgehead atoms. The highest BCUT2D eigenvalue weighted by Gasteiger charge is 2.14. The number of sulfonamides is 1. The second-order valence-electron chi connectivity index (χ2n) is 2.95. The average molecular weight is 437 g/mol. The van der Waals surface area contributed by atoms with Crippen molar-refractivity contribution in [2.45, 2.75) is 0 Å². The molecule has 1 aromatic rings. The Balaban J connectivity index is 3.07. The number of hydrogen-bond donors (Lipinski definition) is 2. The second kappa shape index (κ2) is 5.81. The smallest absolute Gasteiger partial charge is 0.234 e. The van der Waals surface area contributed by atoms with Gasteiger partial charge in [0.15, 0.2) is 0 Å². The zero-order valence-electron chi connectivity index (χ0n) is 8.00. The van der Waals surface area contributed by atoms with Gasteiger partial charge >= 0.3 is 0 Å². The minimum Gasteiger partial charge on any atom is -0.329 e. The molecule has 0 aliphatic rings. The normalized spacial score (nSPS) is 11.5. The predicted molar refractivity (Wildman–Crippen MR) is 76.0 cm³/mol. The fourth-order valence-electron chi connectivity index (χ4n) is 1.00. The molecule has 0 saturated carbocycles. The Hall–Kier alpha value is 0.370. The van der Waals surface area contributed by atoms with Crippen LogP contribution in [0.2, 0.25) is 0 Å². The molecule has 4 nitrogen and oxygen atoms in total. The first-order chi connectivity index (χ1) is 7.35. The molecule has 0 aromatic heterocycles. The lowest BCUT2D eigenvalue weighted by Gasteiger charge is -2.11. The molecular weight excluding hydrogens is 428 g/mol. The number of rotatable bonds is 4. The highest BCUT2D eigenvalue weighted by Crippen LogP contribution is 2.34. The van der Waals surface area contributed by atoms with Crippen LogP contribution in [0.25, 0.3) is 0 Å². The van der Waals surface area contributed by atoms with Crippen LogP contribution >= 0.6 is 47.8 Å². The standard InChI is InChI=1S/C8H9Br3N2O2S/c9-5-3-6(10)8(7(11)4-5)13-16(14,15)2-1-12/h3-4,13H,1-2,12H2. The summed E-state index contributed by atoms with van der Waals surface area (Å²) in [6, 6.07) is 3.51. The number of hydrogen-bond acceptors (Lipinski definition) is 3. The molecule has 90 valence electrons. The van der Waals surface area contributed by atoms with E-state index < -0.39 is 10.0 Å². The van der Waals surface area contributed by atoms with Crippen molar-refractivity contribution >= 4 is 63.5 Å². The van der Waals surface area contributed by atoms with Gasteiger partial charge in [-0.1, -0.05) is 15.9 Å². The minimum absolute atomic E-state index is 0.0844. The lowest BCUT2D eigenvalue weighted by molar-refractivity contribution is 0.601. The van der Waals surface area contributed by atoms with E-state index in [2.05, 4.69) is 52.5 Å². The summed E-state index contributed by atoms with van der Waals surface area (Å²) in [7, 11) is -3.39. The Morgan fingerprint density at radius 3 is 2.12 bits per heavy atom. The maximum atomic E-state index is 11.5. The Kier molecular flexibility index (Phi) is 5.24. The summed E-state index contributed by atoms with van der Waals surface area (Å²) in [5, 5.41) is 0. The lowest BCUT2D eigenvalue weighted by Crippen LogP contribution is -2.22. The molecule has 1 rings (SSSR count). The van der Waals surface area contributed by atoms with Gasteiger partial charge in [-0.2, -0.15) is 0 Å². The minimum atomic E-state index is -3.39. The maximum absolute atomic E-state index is 11.5. The molecule has 0 spiro atoms. The maximum Gasteiger partial charge on any atom is 0.234 e. The van der Waals surface area contributed by atoms with Gasteiger partial charge in [-0.25, -0.2) is 8.42 Å². The van der Waals surface area contributed by atoms with Crippen LogP contribution in [0.1, 0.15) is 0 Å². The van der Waals surface area contributed by atoms with Crippen LogP contribution in [-0.4, -0.2) is 20.7 Å². The quantitative estimate of drug-likeness (QED) is 0.762. The van der Waals surface area contributed by atoms with Gasteiger partial charge in [0.05, 0.1) is 11.4 Å². The Morgan fingerprint density at radius 2 is 1.69 bits per heavy atom. The van der Waals surface area contributed by atoms with Crippen LogP contribution in [-0.2, 0) is 10.0 Å². The zero-order chi connectivity index (χ0) is 12.3. The number of benzene rings is 1.